The van der Waals surface area contributed by atoms with Gasteiger partial charge in [0.15, 0.2) is 0 Å². The zero-order valence-electron chi connectivity index (χ0n) is 11.7. The van der Waals surface area contributed by atoms with Crippen molar-refractivity contribution in [2.24, 2.45) is 0 Å². The van der Waals surface area contributed by atoms with Crippen molar-refractivity contribution in [1.82, 2.24) is 0 Å². The third kappa shape index (κ3) is 2.49. The molecule has 110 valence electrons. The fourth-order valence-corrected chi connectivity index (χ4v) is 2.91. The van der Waals surface area contributed by atoms with Gasteiger partial charge in [0.1, 0.15) is 0 Å². The number of alkyl halides is 2. The Kier molecular flexibility index (Phi) is 3.71. The van der Waals surface area contributed by atoms with Gasteiger partial charge in [-0.3, -0.25) is 4.79 Å². The minimum atomic E-state index is -2.74. The minimum Gasteiger partial charge on any atom is -0.481 e. The van der Waals surface area contributed by atoms with E-state index in [1.54, 1.807) is 12.1 Å². The third-order valence-electron chi connectivity index (χ3n) is 4.15. The molecule has 5 heteroatoms. The first-order chi connectivity index (χ1) is 9.28. The SMILES string of the molecule is CN(C)c1ccccc1C1(C(=O)O)CCC(F)(F)CC1. The summed E-state index contributed by atoms with van der Waals surface area (Å²) in [6.07, 6.45) is -0.803. The van der Waals surface area contributed by atoms with Crippen LogP contribution in [-0.4, -0.2) is 31.1 Å². The van der Waals surface area contributed by atoms with Gasteiger partial charge in [-0.15, -0.1) is 0 Å². The topological polar surface area (TPSA) is 40.5 Å². The second-order valence-corrected chi connectivity index (χ2v) is 5.65. The first kappa shape index (κ1) is 14.8. The van der Waals surface area contributed by atoms with E-state index in [1.165, 1.54) is 0 Å². The Labute approximate surface area is 117 Å². The lowest BCUT2D eigenvalue weighted by Crippen LogP contribution is -2.43. The number of hydrogen-bond acceptors (Lipinski definition) is 2. The summed E-state index contributed by atoms with van der Waals surface area (Å²) in [7, 11) is 3.65. The highest BCUT2D eigenvalue weighted by Crippen LogP contribution is 2.47. The molecule has 0 heterocycles. The van der Waals surface area contributed by atoms with Gasteiger partial charge in [0.25, 0.3) is 0 Å². The van der Waals surface area contributed by atoms with Crippen molar-refractivity contribution in [3.63, 3.8) is 0 Å². The van der Waals surface area contributed by atoms with E-state index in [4.69, 9.17) is 0 Å². The smallest absolute Gasteiger partial charge is 0.314 e. The molecule has 1 aliphatic rings. The van der Waals surface area contributed by atoms with Gasteiger partial charge in [0.2, 0.25) is 5.92 Å². The summed E-state index contributed by atoms with van der Waals surface area (Å²) in [5.41, 5.74) is 0.204. The number of carboxylic acids is 1. The van der Waals surface area contributed by atoms with Crippen molar-refractivity contribution < 1.29 is 18.7 Å². The minimum absolute atomic E-state index is 0.0276. The van der Waals surface area contributed by atoms with Crippen LogP contribution in [0.4, 0.5) is 14.5 Å². The summed E-state index contributed by atoms with van der Waals surface area (Å²) in [6, 6.07) is 7.16. The largest absolute Gasteiger partial charge is 0.481 e. The van der Waals surface area contributed by atoms with Crippen molar-refractivity contribution in [2.45, 2.75) is 37.0 Å². The molecule has 0 spiro atoms. The number of anilines is 1. The van der Waals surface area contributed by atoms with E-state index in [0.29, 0.717) is 5.56 Å². The van der Waals surface area contributed by atoms with Gasteiger partial charge in [-0.2, -0.15) is 0 Å². The summed E-state index contributed by atoms with van der Waals surface area (Å²) >= 11 is 0. The molecule has 3 nitrogen and oxygen atoms in total. The van der Waals surface area contributed by atoms with E-state index in [1.807, 2.05) is 31.1 Å². The second kappa shape index (κ2) is 5.04. The van der Waals surface area contributed by atoms with Crippen LogP contribution in [0, 0.1) is 0 Å². The molecule has 1 aliphatic carbocycles. The highest BCUT2D eigenvalue weighted by Gasteiger charge is 2.50. The zero-order valence-corrected chi connectivity index (χ0v) is 11.7. The molecule has 0 aliphatic heterocycles. The van der Waals surface area contributed by atoms with Crippen LogP contribution in [0.15, 0.2) is 24.3 Å². The summed E-state index contributed by atoms with van der Waals surface area (Å²) in [5.74, 6) is -3.76. The van der Waals surface area contributed by atoms with E-state index < -0.39 is 17.3 Å². The number of carboxylic acid groups (broad SMARTS) is 1. The molecule has 1 aromatic carbocycles. The standard InChI is InChI=1S/C15H19F2NO2/c1-18(2)12-6-4-3-5-11(12)14(13(19)20)7-9-15(16,17)10-8-14/h3-6H,7-10H2,1-2H3,(H,19,20). The average Bonchev–Trinajstić information content (AvgIpc) is 2.39. The van der Waals surface area contributed by atoms with Gasteiger partial charge in [-0.25, -0.2) is 8.78 Å². The maximum Gasteiger partial charge on any atom is 0.314 e. The van der Waals surface area contributed by atoms with Crippen LogP contribution in [0.25, 0.3) is 0 Å². The first-order valence-corrected chi connectivity index (χ1v) is 6.67. The van der Waals surface area contributed by atoms with E-state index in [9.17, 15) is 18.7 Å². The van der Waals surface area contributed by atoms with Crippen LogP contribution in [0.5, 0.6) is 0 Å². The zero-order chi connectivity index (χ0) is 15.0. The lowest BCUT2D eigenvalue weighted by atomic mass is 9.68. The molecular formula is C15H19F2NO2. The van der Waals surface area contributed by atoms with Crippen molar-refractivity contribution in [3.05, 3.63) is 29.8 Å². The van der Waals surface area contributed by atoms with E-state index in [2.05, 4.69) is 0 Å². The Morgan fingerprint density at radius 2 is 1.70 bits per heavy atom. The lowest BCUT2D eigenvalue weighted by molar-refractivity contribution is -0.149. The van der Waals surface area contributed by atoms with Crippen molar-refractivity contribution in [3.8, 4) is 0 Å². The molecule has 1 N–H and O–H groups in total. The van der Waals surface area contributed by atoms with Gasteiger partial charge in [-0.1, -0.05) is 18.2 Å². The summed E-state index contributed by atoms with van der Waals surface area (Å²) in [5, 5.41) is 9.66. The number of aliphatic carboxylic acids is 1. The monoisotopic (exact) mass is 283 g/mol. The Hall–Kier alpha value is -1.65. The molecule has 0 amide bonds. The molecule has 0 aromatic heterocycles. The van der Waals surface area contributed by atoms with Crippen LogP contribution in [-0.2, 0) is 10.2 Å². The van der Waals surface area contributed by atoms with Gasteiger partial charge < -0.3 is 10.0 Å². The molecule has 1 fully saturated rings. The summed E-state index contributed by atoms with van der Waals surface area (Å²) < 4.78 is 26.8. The average molecular weight is 283 g/mol. The van der Waals surface area contributed by atoms with Crippen LogP contribution >= 0.6 is 0 Å². The van der Waals surface area contributed by atoms with E-state index in [0.717, 1.165) is 5.69 Å². The third-order valence-corrected chi connectivity index (χ3v) is 4.15. The number of benzene rings is 1. The van der Waals surface area contributed by atoms with Gasteiger partial charge in [0.05, 0.1) is 5.41 Å². The molecule has 0 saturated heterocycles. The molecule has 0 atom stereocenters. The quantitative estimate of drug-likeness (QED) is 0.925. The molecule has 0 bridgehead atoms. The molecule has 2 rings (SSSR count). The second-order valence-electron chi connectivity index (χ2n) is 5.65. The Balaban J connectivity index is 2.48. The predicted octanol–water partition coefficient (Wildman–Crippen LogP) is 3.28. The van der Waals surface area contributed by atoms with E-state index >= 15 is 0 Å². The van der Waals surface area contributed by atoms with Crippen LogP contribution in [0.1, 0.15) is 31.2 Å². The Morgan fingerprint density at radius 1 is 1.15 bits per heavy atom. The Morgan fingerprint density at radius 3 is 2.20 bits per heavy atom. The fourth-order valence-electron chi connectivity index (χ4n) is 2.91. The Bertz CT molecular complexity index is 504. The van der Waals surface area contributed by atoms with E-state index in [-0.39, 0.29) is 25.7 Å². The number of nitrogens with zero attached hydrogens (tertiary/aromatic N) is 1. The number of carbonyl (C=O) groups is 1. The molecule has 1 saturated carbocycles. The van der Waals surface area contributed by atoms with Gasteiger partial charge in [-0.05, 0) is 24.5 Å². The highest BCUT2D eigenvalue weighted by atomic mass is 19.3. The maximum atomic E-state index is 13.4. The molecule has 0 unspecified atom stereocenters. The number of rotatable bonds is 3. The fraction of sp³-hybridized carbons (Fsp3) is 0.533. The highest BCUT2D eigenvalue weighted by molar-refractivity contribution is 5.84. The number of para-hydroxylation sites is 1. The first-order valence-electron chi connectivity index (χ1n) is 6.67. The van der Waals surface area contributed by atoms with Crippen LogP contribution in [0.2, 0.25) is 0 Å². The van der Waals surface area contributed by atoms with Gasteiger partial charge in [0, 0.05) is 32.6 Å². The van der Waals surface area contributed by atoms with Crippen molar-refractivity contribution in [1.29, 1.82) is 0 Å². The predicted molar refractivity (Wildman–Crippen MR) is 73.5 cm³/mol. The van der Waals surface area contributed by atoms with Crippen molar-refractivity contribution in [2.75, 3.05) is 19.0 Å². The van der Waals surface area contributed by atoms with Crippen molar-refractivity contribution >= 4 is 11.7 Å². The molecule has 1 aromatic rings. The van der Waals surface area contributed by atoms with Gasteiger partial charge >= 0.3 is 5.97 Å². The summed E-state index contributed by atoms with van der Waals surface area (Å²) in [6.45, 7) is 0. The molecule has 20 heavy (non-hydrogen) atoms. The molecular weight excluding hydrogens is 264 g/mol. The molecule has 0 radical (unpaired) electrons. The lowest BCUT2D eigenvalue weighted by Gasteiger charge is -2.38. The maximum absolute atomic E-state index is 13.4. The van der Waals surface area contributed by atoms with Crippen LogP contribution < -0.4 is 4.90 Å². The number of hydrogen-bond donors (Lipinski definition) is 1. The van der Waals surface area contributed by atoms with Crippen LogP contribution in [0.3, 0.4) is 0 Å². The number of halogens is 2. The summed E-state index contributed by atoms with van der Waals surface area (Å²) in [4.78, 5) is 13.6. The normalized spacial score (nSPS) is 20.4.